The molecule has 24 heavy (non-hydrogen) atoms. The first-order valence-electron chi connectivity index (χ1n) is 8.42. The number of hydrogen-bond donors (Lipinski definition) is 1. The predicted octanol–water partition coefficient (Wildman–Crippen LogP) is 5.51. The highest BCUT2D eigenvalue weighted by Gasteiger charge is 2.22. The molecule has 2 nitrogen and oxygen atoms in total. The lowest BCUT2D eigenvalue weighted by atomic mass is 9.77. The van der Waals surface area contributed by atoms with Crippen LogP contribution in [-0.2, 0) is 16.6 Å². The van der Waals surface area contributed by atoms with Crippen LogP contribution in [0.4, 0.5) is 4.39 Å². The van der Waals surface area contributed by atoms with Gasteiger partial charge in [0.1, 0.15) is 5.82 Å². The Hall–Kier alpha value is -2.16. The highest BCUT2D eigenvalue weighted by atomic mass is 19.1. The van der Waals surface area contributed by atoms with Crippen LogP contribution in [0, 0.1) is 12.7 Å². The predicted molar refractivity (Wildman–Crippen MR) is 95.8 cm³/mol. The molecular formula is C21H25FO2. The van der Waals surface area contributed by atoms with Crippen LogP contribution in [-0.4, -0.2) is 11.1 Å². The van der Waals surface area contributed by atoms with Crippen molar-refractivity contribution < 1.29 is 14.3 Å². The van der Waals surface area contributed by atoms with Crippen molar-refractivity contribution in [2.75, 3.05) is 0 Å². The first kappa shape index (κ1) is 18.2. The molecule has 0 amide bonds. The van der Waals surface area contributed by atoms with Crippen molar-refractivity contribution in [3.63, 3.8) is 0 Å². The summed E-state index contributed by atoms with van der Waals surface area (Å²) >= 11 is 0. The number of aliphatic carboxylic acids is 1. The monoisotopic (exact) mass is 328 g/mol. The van der Waals surface area contributed by atoms with E-state index in [0.29, 0.717) is 0 Å². The summed E-state index contributed by atoms with van der Waals surface area (Å²) in [6.07, 6.45) is 1.84. The lowest BCUT2D eigenvalue weighted by Gasteiger charge is -2.28. The summed E-state index contributed by atoms with van der Waals surface area (Å²) in [5, 5.41) is 8.81. The minimum Gasteiger partial charge on any atom is -0.481 e. The van der Waals surface area contributed by atoms with Gasteiger partial charge in [0.15, 0.2) is 0 Å². The van der Waals surface area contributed by atoms with Crippen molar-refractivity contribution in [2.45, 2.75) is 52.4 Å². The third-order valence-electron chi connectivity index (χ3n) is 5.19. The van der Waals surface area contributed by atoms with E-state index in [9.17, 15) is 9.18 Å². The van der Waals surface area contributed by atoms with Gasteiger partial charge in [-0.25, -0.2) is 4.39 Å². The maximum Gasteiger partial charge on any atom is 0.307 e. The normalized spacial score (nSPS) is 11.5. The van der Waals surface area contributed by atoms with Crippen LogP contribution in [0.15, 0.2) is 36.4 Å². The zero-order chi connectivity index (χ0) is 17.9. The van der Waals surface area contributed by atoms with Crippen LogP contribution in [0.3, 0.4) is 0 Å². The van der Waals surface area contributed by atoms with E-state index < -0.39 is 11.8 Å². The molecule has 2 rings (SSSR count). The number of halogens is 1. The molecule has 0 radical (unpaired) electrons. The molecule has 0 saturated carbocycles. The van der Waals surface area contributed by atoms with Gasteiger partial charge >= 0.3 is 5.97 Å². The molecule has 0 aromatic heterocycles. The number of carboxylic acid groups (broad SMARTS) is 1. The van der Waals surface area contributed by atoms with Crippen molar-refractivity contribution in [1.82, 2.24) is 0 Å². The van der Waals surface area contributed by atoms with E-state index >= 15 is 0 Å². The van der Waals surface area contributed by atoms with Crippen molar-refractivity contribution in [1.29, 1.82) is 0 Å². The molecule has 128 valence electrons. The molecule has 0 aliphatic carbocycles. The van der Waals surface area contributed by atoms with E-state index in [-0.39, 0.29) is 17.4 Å². The second-order valence-corrected chi connectivity index (χ2v) is 6.67. The minimum atomic E-state index is -1.03. The van der Waals surface area contributed by atoms with E-state index in [1.165, 1.54) is 11.6 Å². The minimum absolute atomic E-state index is 0.153. The van der Waals surface area contributed by atoms with Crippen LogP contribution in [0.5, 0.6) is 0 Å². The molecule has 2 aromatic carbocycles. The van der Waals surface area contributed by atoms with Gasteiger partial charge < -0.3 is 5.11 Å². The summed E-state index contributed by atoms with van der Waals surface area (Å²) in [6, 6.07) is 11.1. The topological polar surface area (TPSA) is 37.3 Å². The summed E-state index contributed by atoms with van der Waals surface area (Å²) in [6.45, 7) is 8.70. The number of carboxylic acids is 1. The average Bonchev–Trinajstić information content (AvgIpc) is 2.55. The van der Waals surface area contributed by atoms with E-state index in [4.69, 9.17) is 5.11 Å². The smallest absolute Gasteiger partial charge is 0.307 e. The third kappa shape index (κ3) is 3.66. The first-order chi connectivity index (χ1) is 11.3. The number of hydrogen-bond acceptors (Lipinski definition) is 1. The fourth-order valence-corrected chi connectivity index (χ4v) is 3.04. The molecule has 0 heterocycles. The van der Waals surface area contributed by atoms with Crippen molar-refractivity contribution in [2.24, 2.45) is 0 Å². The summed E-state index contributed by atoms with van der Waals surface area (Å²) in [7, 11) is 0. The summed E-state index contributed by atoms with van der Waals surface area (Å²) < 4.78 is 14.1. The second-order valence-electron chi connectivity index (χ2n) is 6.67. The molecule has 0 spiro atoms. The maximum absolute atomic E-state index is 14.1. The Kier molecular flexibility index (Phi) is 5.43. The Bertz CT molecular complexity index is 745. The summed E-state index contributed by atoms with van der Waals surface area (Å²) in [5.41, 5.74) is 4.53. The molecule has 3 heteroatoms. The van der Waals surface area contributed by atoms with Gasteiger partial charge in [-0.1, -0.05) is 51.1 Å². The SMILES string of the molecule is CCC(C)(CC)c1ccc(-c2ccc(CC(=O)O)c(F)c2)c(C)c1. The van der Waals surface area contributed by atoms with Gasteiger partial charge in [-0.05, 0) is 59.1 Å². The van der Waals surface area contributed by atoms with Crippen LogP contribution >= 0.6 is 0 Å². The van der Waals surface area contributed by atoms with Crippen molar-refractivity contribution in [3.05, 3.63) is 58.9 Å². The highest BCUT2D eigenvalue weighted by molar-refractivity contribution is 5.72. The van der Waals surface area contributed by atoms with Gasteiger partial charge in [0.2, 0.25) is 0 Å². The molecule has 0 fully saturated rings. The molecule has 0 bridgehead atoms. The van der Waals surface area contributed by atoms with E-state index in [1.807, 2.05) is 13.0 Å². The van der Waals surface area contributed by atoms with E-state index in [0.717, 1.165) is 29.5 Å². The average molecular weight is 328 g/mol. The molecule has 0 atom stereocenters. The van der Waals surface area contributed by atoms with Gasteiger partial charge in [-0.15, -0.1) is 0 Å². The Balaban J connectivity index is 2.40. The first-order valence-corrected chi connectivity index (χ1v) is 8.42. The van der Waals surface area contributed by atoms with Gasteiger partial charge in [0.05, 0.1) is 6.42 Å². The maximum atomic E-state index is 14.1. The fraction of sp³-hybridized carbons (Fsp3) is 0.381. The molecule has 0 unspecified atom stereocenters. The molecule has 0 aliphatic heterocycles. The van der Waals surface area contributed by atoms with E-state index in [2.05, 4.69) is 32.9 Å². The lowest BCUT2D eigenvalue weighted by Crippen LogP contribution is -2.19. The van der Waals surface area contributed by atoms with Crippen LogP contribution in [0.25, 0.3) is 11.1 Å². The van der Waals surface area contributed by atoms with Crippen LogP contribution in [0.1, 0.15) is 50.3 Å². The van der Waals surface area contributed by atoms with Crippen LogP contribution in [0.2, 0.25) is 0 Å². The molecular weight excluding hydrogens is 303 g/mol. The summed E-state index contributed by atoms with van der Waals surface area (Å²) in [5.74, 6) is -1.49. The number of aryl methyl sites for hydroxylation is 1. The molecule has 0 saturated heterocycles. The van der Waals surface area contributed by atoms with Crippen molar-refractivity contribution in [3.8, 4) is 11.1 Å². The third-order valence-corrected chi connectivity index (χ3v) is 5.19. The van der Waals surface area contributed by atoms with Crippen molar-refractivity contribution >= 4 is 5.97 Å². The van der Waals surface area contributed by atoms with Gasteiger partial charge in [-0.2, -0.15) is 0 Å². The fourth-order valence-electron chi connectivity index (χ4n) is 3.04. The Morgan fingerprint density at radius 3 is 2.29 bits per heavy atom. The quantitative estimate of drug-likeness (QED) is 0.759. The molecule has 1 N–H and O–H groups in total. The number of carbonyl (C=O) groups is 1. The zero-order valence-electron chi connectivity index (χ0n) is 14.8. The highest BCUT2D eigenvalue weighted by Crippen LogP contribution is 2.34. The van der Waals surface area contributed by atoms with Gasteiger partial charge in [0, 0.05) is 0 Å². The zero-order valence-corrected chi connectivity index (χ0v) is 14.8. The molecule has 2 aromatic rings. The Labute approximate surface area is 143 Å². The number of rotatable bonds is 6. The summed E-state index contributed by atoms with van der Waals surface area (Å²) in [4.78, 5) is 10.8. The second kappa shape index (κ2) is 7.16. The lowest BCUT2D eigenvalue weighted by molar-refractivity contribution is -0.136. The Morgan fingerprint density at radius 2 is 1.79 bits per heavy atom. The molecule has 0 aliphatic rings. The van der Waals surface area contributed by atoms with Gasteiger partial charge in [-0.3, -0.25) is 4.79 Å². The largest absolute Gasteiger partial charge is 0.481 e. The van der Waals surface area contributed by atoms with Crippen LogP contribution < -0.4 is 0 Å². The van der Waals surface area contributed by atoms with Gasteiger partial charge in [0.25, 0.3) is 0 Å². The standard InChI is InChI=1S/C21H25FO2/c1-5-21(4,6-2)17-9-10-18(14(3)11-17)15-7-8-16(13-20(23)24)19(22)12-15/h7-12H,5-6,13H2,1-4H3,(H,23,24). The Morgan fingerprint density at radius 1 is 1.12 bits per heavy atom. The number of benzene rings is 2. The van der Waals surface area contributed by atoms with E-state index in [1.54, 1.807) is 12.1 Å².